The number of nitrogens with two attached hydrogens (primary N) is 1. The quantitative estimate of drug-likeness (QED) is 0.702. The van der Waals surface area contributed by atoms with Gasteiger partial charge in [-0.25, -0.2) is 0 Å². The average Bonchev–Trinajstić information content (AvgIpc) is 2.82. The van der Waals surface area contributed by atoms with E-state index in [1.165, 1.54) is 33.8 Å². The van der Waals surface area contributed by atoms with Crippen molar-refractivity contribution in [3.05, 3.63) is 48.0 Å². The molecule has 2 nitrogen and oxygen atoms in total. The zero-order valence-electron chi connectivity index (χ0n) is 12.2. The zero-order chi connectivity index (χ0) is 14.1. The van der Waals surface area contributed by atoms with Crippen molar-refractivity contribution in [3.63, 3.8) is 0 Å². The van der Waals surface area contributed by atoms with Crippen molar-refractivity contribution >= 4 is 21.8 Å². The molecule has 0 aliphatic carbocycles. The molecule has 3 rings (SSSR count). The minimum absolute atomic E-state index is 0.135. The molecular formula is C18H22N2. The van der Waals surface area contributed by atoms with Crippen LogP contribution in [-0.2, 0) is 0 Å². The number of fused-ring (bicyclic) bond motifs is 3. The van der Waals surface area contributed by atoms with Crippen molar-refractivity contribution in [1.82, 2.24) is 4.98 Å². The second-order valence-corrected chi connectivity index (χ2v) is 6.05. The Kier molecular flexibility index (Phi) is 3.49. The minimum atomic E-state index is 0.135. The van der Waals surface area contributed by atoms with Crippen LogP contribution in [-0.4, -0.2) is 4.98 Å². The van der Waals surface area contributed by atoms with Gasteiger partial charge in [0.2, 0.25) is 0 Å². The zero-order valence-corrected chi connectivity index (χ0v) is 12.2. The maximum Gasteiger partial charge on any atom is 0.0465 e. The van der Waals surface area contributed by atoms with Crippen LogP contribution in [0.1, 0.15) is 38.3 Å². The molecule has 0 amide bonds. The molecule has 0 aliphatic rings. The van der Waals surface area contributed by atoms with Gasteiger partial charge in [0.25, 0.3) is 0 Å². The fraction of sp³-hybridized carbons (Fsp3) is 0.333. The molecule has 0 radical (unpaired) electrons. The number of nitrogens with one attached hydrogen (secondary N) is 1. The van der Waals surface area contributed by atoms with Gasteiger partial charge in [-0.2, -0.15) is 0 Å². The Balaban J connectivity index is 1.99. The number of hydrogen-bond acceptors (Lipinski definition) is 1. The summed E-state index contributed by atoms with van der Waals surface area (Å²) in [6.07, 6.45) is 2.22. The maximum atomic E-state index is 6.34. The maximum absolute atomic E-state index is 6.34. The van der Waals surface area contributed by atoms with Crippen molar-refractivity contribution in [2.75, 3.05) is 0 Å². The van der Waals surface area contributed by atoms with Gasteiger partial charge in [-0.3, -0.25) is 0 Å². The Morgan fingerprint density at radius 2 is 1.70 bits per heavy atom. The van der Waals surface area contributed by atoms with E-state index in [1.807, 2.05) is 0 Å². The topological polar surface area (TPSA) is 41.8 Å². The molecule has 20 heavy (non-hydrogen) atoms. The Morgan fingerprint density at radius 1 is 0.950 bits per heavy atom. The highest BCUT2D eigenvalue weighted by molar-refractivity contribution is 6.07. The van der Waals surface area contributed by atoms with Crippen LogP contribution in [0.3, 0.4) is 0 Å². The molecule has 1 unspecified atom stereocenters. The minimum Gasteiger partial charge on any atom is -0.355 e. The summed E-state index contributed by atoms with van der Waals surface area (Å²) in [5.41, 5.74) is 9.95. The molecule has 104 valence electrons. The van der Waals surface area contributed by atoms with Crippen LogP contribution in [0, 0.1) is 5.92 Å². The van der Waals surface area contributed by atoms with Gasteiger partial charge in [0.15, 0.2) is 0 Å². The molecular weight excluding hydrogens is 244 g/mol. The first-order valence-corrected chi connectivity index (χ1v) is 7.41. The highest BCUT2D eigenvalue weighted by Gasteiger charge is 2.10. The second-order valence-electron chi connectivity index (χ2n) is 6.05. The Bertz CT molecular complexity index is 724. The molecule has 2 aromatic carbocycles. The van der Waals surface area contributed by atoms with Gasteiger partial charge in [-0.05, 0) is 42.5 Å². The lowest BCUT2D eigenvalue weighted by Crippen LogP contribution is -2.11. The summed E-state index contributed by atoms with van der Waals surface area (Å²) in [7, 11) is 0. The van der Waals surface area contributed by atoms with Gasteiger partial charge < -0.3 is 10.7 Å². The van der Waals surface area contributed by atoms with Gasteiger partial charge in [0.05, 0.1) is 0 Å². The lowest BCUT2D eigenvalue weighted by molar-refractivity contribution is 0.507. The van der Waals surface area contributed by atoms with E-state index in [1.54, 1.807) is 0 Å². The van der Waals surface area contributed by atoms with E-state index in [4.69, 9.17) is 5.73 Å². The van der Waals surface area contributed by atoms with Crippen LogP contribution in [0.2, 0.25) is 0 Å². The van der Waals surface area contributed by atoms with Crippen LogP contribution >= 0.6 is 0 Å². The van der Waals surface area contributed by atoms with Gasteiger partial charge in [0.1, 0.15) is 0 Å². The summed E-state index contributed by atoms with van der Waals surface area (Å²) in [6.45, 7) is 4.49. The van der Waals surface area contributed by atoms with Crippen molar-refractivity contribution < 1.29 is 0 Å². The molecule has 0 fully saturated rings. The fourth-order valence-electron chi connectivity index (χ4n) is 2.78. The first-order chi connectivity index (χ1) is 9.65. The molecule has 1 atom stereocenters. The molecule has 0 spiro atoms. The summed E-state index contributed by atoms with van der Waals surface area (Å²) in [5, 5.41) is 2.55. The predicted molar refractivity (Wildman–Crippen MR) is 86.8 cm³/mol. The predicted octanol–water partition coefficient (Wildman–Crippen LogP) is 4.76. The van der Waals surface area contributed by atoms with Gasteiger partial charge in [-0.15, -0.1) is 0 Å². The molecule has 2 heteroatoms. The Labute approximate surface area is 120 Å². The number of para-hydroxylation sites is 1. The molecule has 1 heterocycles. The molecule has 0 aliphatic heterocycles. The molecule has 3 N–H and O–H groups in total. The van der Waals surface area contributed by atoms with E-state index in [0.29, 0.717) is 5.92 Å². The number of H-pyrrole nitrogens is 1. The fourth-order valence-corrected chi connectivity index (χ4v) is 2.78. The number of benzene rings is 2. The van der Waals surface area contributed by atoms with Gasteiger partial charge in [0, 0.05) is 27.8 Å². The van der Waals surface area contributed by atoms with Crippen molar-refractivity contribution in [3.8, 4) is 0 Å². The van der Waals surface area contributed by atoms with Crippen molar-refractivity contribution in [2.24, 2.45) is 11.7 Å². The normalized spacial score (nSPS) is 13.4. The van der Waals surface area contributed by atoms with Crippen LogP contribution in [0.5, 0.6) is 0 Å². The van der Waals surface area contributed by atoms with E-state index in [-0.39, 0.29) is 6.04 Å². The third kappa shape index (κ3) is 2.44. The SMILES string of the molecule is CC(C)CCC(N)c1ccc2[nH]c3ccccc3c2c1. The smallest absolute Gasteiger partial charge is 0.0465 e. The highest BCUT2D eigenvalue weighted by atomic mass is 14.7. The lowest BCUT2D eigenvalue weighted by atomic mass is 9.97. The standard InChI is InChI=1S/C18H22N2/c1-12(2)7-9-16(19)13-8-10-18-15(11-13)14-5-3-4-6-17(14)20-18/h3-6,8,10-12,16,20H,7,9,19H2,1-2H3. The van der Waals surface area contributed by atoms with E-state index in [9.17, 15) is 0 Å². The number of aromatic nitrogens is 1. The van der Waals surface area contributed by atoms with Crippen LogP contribution in [0.25, 0.3) is 21.8 Å². The summed E-state index contributed by atoms with van der Waals surface area (Å²) in [6, 6.07) is 15.1. The molecule has 0 saturated heterocycles. The Morgan fingerprint density at radius 3 is 2.50 bits per heavy atom. The van der Waals surface area contributed by atoms with Crippen LogP contribution in [0.15, 0.2) is 42.5 Å². The number of aromatic amines is 1. The molecule has 0 saturated carbocycles. The first-order valence-electron chi connectivity index (χ1n) is 7.41. The van der Waals surface area contributed by atoms with Crippen molar-refractivity contribution in [2.45, 2.75) is 32.7 Å². The third-order valence-corrected chi connectivity index (χ3v) is 4.01. The number of rotatable bonds is 4. The highest BCUT2D eigenvalue weighted by Crippen LogP contribution is 2.28. The van der Waals surface area contributed by atoms with E-state index in [0.717, 1.165) is 6.42 Å². The molecule has 3 aromatic rings. The van der Waals surface area contributed by atoms with Crippen molar-refractivity contribution in [1.29, 1.82) is 0 Å². The van der Waals surface area contributed by atoms with Crippen LogP contribution < -0.4 is 5.73 Å². The lowest BCUT2D eigenvalue weighted by Gasteiger charge is -2.13. The monoisotopic (exact) mass is 266 g/mol. The third-order valence-electron chi connectivity index (χ3n) is 4.01. The summed E-state index contributed by atoms with van der Waals surface area (Å²) < 4.78 is 0. The van der Waals surface area contributed by atoms with E-state index < -0.39 is 0 Å². The number of hydrogen-bond donors (Lipinski definition) is 2. The molecule has 1 aromatic heterocycles. The van der Waals surface area contributed by atoms with E-state index >= 15 is 0 Å². The molecule has 0 bridgehead atoms. The Hall–Kier alpha value is -1.80. The largest absolute Gasteiger partial charge is 0.355 e. The first kappa shape index (κ1) is 13.2. The average molecular weight is 266 g/mol. The second kappa shape index (κ2) is 5.29. The van der Waals surface area contributed by atoms with Gasteiger partial charge >= 0.3 is 0 Å². The summed E-state index contributed by atoms with van der Waals surface area (Å²) in [4.78, 5) is 3.45. The van der Waals surface area contributed by atoms with E-state index in [2.05, 4.69) is 61.3 Å². The summed E-state index contributed by atoms with van der Waals surface area (Å²) in [5.74, 6) is 0.706. The summed E-state index contributed by atoms with van der Waals surface area (Å²) >= 11 is 0. The van der Waals surface area contributed by atoms with Gasteiger partial charge in [-0.1, -0.05) is 38.1 Å². The van der Waals surface area contributed by atoms with Crippen LogP contribution in [0.4, 0.5) is 0 Å².